The first-order valence-corrected chi connectivity index (χ1v) is 40.4. The van der Waals surface area contributed by atoms with Crippen molar-refractivity contribution in [2.24, 2.45) is 35.2 Å². The molecule has 0 saturated carbocycles. The van der Waals surface area contributed by atoms with Gasteiger partial charge in [0.25, 0.3) is 0 Å². The van der Waals surface area contributed by atoms with Gasteiger partial charge in [-0.25, -0.2) is 9.97 Å². The van der Waals surface area contributed by atoms with E-state index in [0.717, 1.165) is 33.8 Å². The molecule has 12 heteroatoms. The van der Waals surface area contributed by atoms with E-state index in [0.29, 0.717) is 0 Å². The van der Waals surface area contributed by atoms with E-state index in [9.17, 15) is 0 Å². The minimum absolute atomic E-state index is 0.893. The normalized spacial score (nSPS) is 10.9. The number of para-hydroxylation sites is 5. The Morgan fingerprint density at radius 3 is 0.833 bits per heavy atom. The van der Waals surface area contributed by atoms with Crippen LogP contribution in [0.5, 0.6) is 0 Å². The maximum absolute atomic E-state index is 4.58. The van der Waals surface area contributed by atoms with Crippen molar-refractivity contribution < 1.29 is 22.8 Å². The smallest absolute Gasteiger partial charge is 0.213 e. The van der Waals surface area contributed by atoms with Crippen LogP contribution in [0.3, 0.4) is 0 Å². The summed E-state index contributed by atoms with van der Waals surface area (Å²) in [5.41, 5.74) is 35.6. The van der Waals surface area contributed by atoms with Crippen molar-refractivity contribution in [2.75, 3.05) is 0 Å². The lowest BCUT2D eigenvalue weighted by atomic mass is 9.97. The Morgan fingerprint density at radius 2 is 0.500 bits per heavy atom. The molecule has 0 fully saturated rings. The van der Waals surface area contributed by atoms with Crippen LogP contribution in [-0.4, -0.2) is 34.9 Å². The van der Waals surface area contributed by atoms with E-state index in [1.54, 1.807) is 24.9 Å². The summed E-state index contributed by atoms with van der Waals surface area (Å²) in [5, 5.41) is 6.08. The summed E-state index contributed by atoms with van der Waals surface area (Å²) < 4.78 is 11.3. The monoisotopic (exact) mass is 1560 g/mol. The fraction of sp³-hybridized carbons (Fsp3) is 0.0926. The summed E-state index contributed by atoms with van der Waals surface area (Å²) in [6, 6.07) is 113. The van der Waals surface area contributed by atoms with Crippen LogP contribution in [0, 0.1) is 34.6 Å². The molecule has 0 N–H and O–H groups in total. The molecule has 0 amide bonds. The average molecular weight is 1560 g/mol. The molecule has 10 aromatic heterocycles. The van der Waals surface area contributed by atoms with Gasteiger partial charge in [-0.05, 0) is 165 Å². The minimum atomic E-state index is 0.893. The van der Waals surface area contributed by atoms with Crippen molar-refractivity contribution in [2.45, 2.75) is 34.6 Å². The van der Waals surface area contributed by atoms with Crippen molar-refractivity contribution >= 4 is 54.5 Å². The fourth-order valence-corrected chi connectivity index (χ4v) is 16.3. The van der Waals surface area contributed by atoms with Gasteiger partial charge in [-0.2, -0.15) is 22.8 Å². The topological polar surface area (TPSA) is 110 Å². The third kappa shape index (κ3) is 16.4. The summed E-state index contributed by atoms with van der Waals surface area (Å²) >= 11 is 0. The number of hydrogen-bond acceptors (Lipinski definition) is 7. The zero-order chi connectivity index (χ0) is 82.6. The molecule has 0 aliphatic rings. The second-order valence-electron chi connectivity index (χ2n) is 30.0. The molecular formula is C108H93N12+5. The van der Waals surface area contributed by atoms with E-state index >= 15 is 0 Å². The third-order valence-corrected chi connectivity index (χ3v) is 22.7. The summed E-state index contributed by atoms with van der Waals surface area (Å²) in [6.45, 7) is 10.8. The van der Waals surface area contributed by atoms with Gasteiger partial charge in [0, 0.05) is 171 Å². The lowest BCUT2D eigenvalue weighted by molar-refractivity contribution is -0.633. The Hall–Kier alpha value is -15.1. The number of rotatable bonds is 10. The standard InChI is InChI=1S/3C22H19N2.2C21H18N3/c1-16-9-3-4-10-17(16)22-15-19(20-12-7-8-14-23-20)18-11-5-6-13-21(18)24(22)2;1-16-8-3-4-10-18(16)22-14-20(17-9-7-13-23-15-17)19-11-5-6-12-21(19)24(22)2;1-16-7-3-4-8-18(16)22-15-20(17-11-13-23-14-12-17)19-9-5-6-10-21(19)24(22)2;1-15-7-3-4-8-16(15)21-13-18(19-14-22-11-12-23-19)17-9-5-6-10-20(17)24(21)2;1-15-7-3-4-8-16(15)21-13-18(19-11-12-22-14-23-19)17-9-5-6-10-20(17)24(21)2/h3*3-15H,1-2H3;2*3-14H,1-2H3/q5*+1. The molecular weight excluding hydrogens is 1470 g/mol. The maximum Gasteiger partial charge on any atom is 0.213 e. The number of aryl methyl sites for hydroxylation is 10. The highest BCUT2D eigenvalue weighted by molar-refractivity contribution is 5.98. The molecule has 10 aromatic carbocycles. The maximum atomic E-state index is 4.58. The van der Waals surface area contributed by atoms with Crippen molar-refractivity contribution in [3.05, 3.63) is 411 Å². The lowest BCUT2D eigenvalue weighted by Gasteiger charge is -2.11. The van der Waals surface area contributed by atoms with Crippen LogP contribution in [0.2, 0.25) is 0 Å². The Bertz CT molecular complexity index is 6100. The van der Waals surface area contributed by atoms with Gasteiger partial charge in [-0.15, -0.1) is 0 Å². The second kappa shape index (κ2) is 35.9. The third-order valence-electron chi connectivity index (χ3n) is 22.7. The quantitative estimate of drug-likeness (QED) is 0.125. The molecule has 0 bridgehead atoms. The number of pyridine rings is 8. The molecule has 20 rings (SSSR count). The molecule has 120 heavy (non-hydrogen) atoms. The molecule has 0 aliphatic heterocycles. The summed E-state index contributed by atoms with van der Waals surface area (Å²) in [6.07, 6.45) is 18.0. The van der Waals surface area contributed by atoms with Gasteiger partial charge in [-0.1, -0.05) is 164 Å². The van der Waals surface area contributed by atoms with Crippen LogP contribution in [0.1, 0.15) is 27.8 Å². The fourth-order valence-electron chi connectivity index (χ4n) is 16.3. The number of nitrogens with zero attached hydrogens (tertiary/aromatic N) is 12. The van der Waals surface area contributed by atoms with Crippen molar-refractivity contribution in [1.29, 1.82) is 0 Å². The first-order valence-electron chi connectivity index (χ1n) is 40.4. The van der Waals surface area contributed by atoms with E-state index in [1.165, 1.54) is 161 Å². The zero-order valence-electron chi connectivity index (χ0n) is 69.2. The van der Waals surface area contributed by atoms with Crippen molar-refractivity contribution in [3.63, 3.8) is 0 Å². The Morgan fingerprint density at radius 1 is 0.192 bits per heavy atom. The first-order chi connectivity index (χ1) is 58.8. The predicted octanol–water partition coefficient (Wildman–Crippen LogP) is 22.3. The Balaban J connectivity index is 0.000000112. The van der Waals surface area contributed by atoms with E-state index in [2.05, 4.69) is 425 Å². The van der Waals surface area contributed by atoms with Crippen LogP contribution in [0.4, 0.5) is 0 Å². The van der Waals surface area contributed by atoms with Crippen LogP contribution in [-0.2, 0) is 35.2 Å². The van der Waals surface area contributed by atoms with Gasteiger partial charge in [0.2, 0.25) is 56.1 Å². The molecule has 0 atom stereocenters. The molecule has 580 valence electrons. The molecule has 0 spiro atoms. The van der Waals surface area contributed by atoms with Gasteiger partial charge in [0.1, 0.15) is 41.6 Å². The highest BCUT2D eigenvalue weighted by atomic mass is 15.0. The molecule has 20 aromatic rings. The van der Waals surface area contributed by atoms with Gasteiger partial charge in [0.15, 0.2) is 0 Å². The van der Waals surface area contributed by atoms with Crippen molar-refractivity contribution in [3.8, 4) is 112 Å². The van der Waals surface area contributed by atoms with Crippen LogP contribution < -0.4 is 22.8 Å². The summed E-state index contributed by atoms with van der Waals surface area (Å²) in [5.74, 6) is 0. The number of benzene rings is 10. The Kier molecular flexibility index (Phi) is 23.6. The number of fused-ring (bicyclic) bond motifs is 5. The van der Waals surface area contributed by atoms with E-state index in [-0.39, 0.29) is 0 Å². The molecule has 0 saturated heterocycles. The zero-order valence-corrected chi connectivity index (χ0v) is 69.2. The molecule has 10 heterocycles. The SMILES string of the molecule is Cc1ccccc1-c1cc(-c2ccccn2)c2ccccc2[n+]1C.Cc1ccccc1-c1cc(-c2cccnc2)c2ccccc2[n+]1C.Cc1ccccc1-c1cc(-c2ccncc2)c2ccccc2[n+]1C.Cc1ccccc1-c1cc(-c2ccncn2)c2ccccc2[n+]1C.Cc1ccccc1-c1cc(-c2cnccn2)c2ccccc2[n+]1C. The van der Waals surface area contributed by atoms with Crippen LogP contribution >= 0.6 is 0 Å². The Labute approximate surface area is 701 Å². The van der Waals surface area contributed by atoms with Gasteiger partial charge in [-0.3, -0.25) is 24.9 Å². The lowest BCUT2D eigenvalue weighted by Crippen LogP contribution is -2.32. The van der Waals surface area contributed by atoms with E-state index in [1.807, 2.05) is 61.4 Å². The minimum Gasteiger partial charge on any atom is -0.265 e. The van der Waals surface area contributed by atoms with Gasteiger partial charge < -0.3 is 0 Å². The van der Waals surface area contributed by atoms with Gasteiger partial charge in [0.05, 0.1) is 50.2 Å². The summed E-state index contributed by atoms with van der Waals surface area (Å²) in [7, 11) is 10.6. The number of hydrogen-bond donors (Lipinski definition) is 0. The molecule has 0 unspecified atom stereocenters. The number of aromatic nitrogens is 12. The summed E-state index contributed by atoms with van der Waals surface area (Å²) in [4.78, 5) is 30.3. The van der Waals surface area contributed by atoms with E-state index < -0.39 is 0 Å². The second-order valence-corrected chi connectivity index (χ2v) is 30.0. The van der Waals surface area contributed by atoms with Crippen LogP contribution in [0.25, 0.3) is 167 Å². The molecule has 0 aliphatic carbocycles. The molecule has 12 nitrogen and oxygen atoms in total. The van der Waals surface area contributed by atoms with Crippen molar-refractivity contribution in [1.82, 2.24) is 34.9 Å². The van der Waals surface area contributed by atoms with Gasteiger partial charge >= 0.3 is 0 Å². The van der Waals surface area contributed by atoms with Crippen LogP contribution in [0.15, 0.2) is 384 Å². The largest absolute Gasteiger partial charge is 0.265 e. The van der Waals surface area contributed by atoms with E-state index in [4.69, 9.17) is 0 Å². The molecule has 0 radical (unpaired) electrons. The highest BCUT2D eigenvalue weighted by Gasteiger charge is 2.26. The average Bonchev–Trinajstić information content (AvgIpc) is 0.786. The predicted molar refractivity (Wildman–Crippen MR) is 488 cm³/mol. The first kappa shape index (κ1) is 78.7. The highest BCUT2D eigenvalue weighted by Crippen LogP contribution is 2.38.